The minimum Gasteiger partial charge on any atom is -0.398 e. The van der Waals surface area contributed by atoms with Gasteiger partial charge in [-0.2, -0.15) is 0 Å². The summed E-state index contributed by atoms with van der Waals surface area (Å²) in [5.74, 6) is 0.436. The molecule has 1 rings (SSSR count). The predicted octanol–water partition coefficient (Wildman–Crippen LogP) is 1.36. The Morgan fingerprint density at radius 1 is 1.10 bits per heavy atom. The van der Waals surface area contributed by atoms with Crippen molar-refractivity contribution in [2.24, 2.45) is 0 Å². The van der Waals surface area contributed by atoms with Crippen molar-refractivity contribution in [2.75, 3.05) is 51.6 Å². The zero-order valence-corrected chi connectivity index (χ0v) is 12.9. The van der Waals surface area contributed by atoms with E-state index in [-0.39, 0.29) is 0 Å². The number of benzene rings is 1. The van der Waals surface area contributed by atoms with Crippen LogP contribution in [0.4, 0.5) is 5.69 Å². The molecule has 0 spiro atoms. The van der Waals surface area contributed by atoms with Crippen LogP contribution in [0.1, 0.15) is 5.56 Å². The molecule has 0 heterocycles. The third-order valence-electron chi connectivity index (χ3n) is 2.63. The van der Waals surface area contributed by atoms with Gasteiger partial charge in [-0.25, -0.2) is 0 Å². The molecule has 0 bridgehead atoms. The fourth-order valence-corrected chi connectivity index (χ4v) is 2.68. The van der Waals surface area contributed by atoms with Crippen molar-refractivity contribution in [2.45, 2.75) is 11.8 Å². The highest BCUT2D eigenvalue weighted by Gasteiger charge is 2.08. The molecule has 1 aromatic rings. The Balaban J connectivity index is 2.18. The summed E-state index contributed by atoms with van der Waals surface area (Å²) < 4.78 is 27.6. The second-order valence-corrected chi connectivity index (χ2v) is 5.85. The highest BCUT2D eigenvalue weighted by molar-refractivity contribution is 7.85. The molecule has 5 nitrogen and oxygen atoms in total. The third kappa shape index (κ3) is 6.47. The number of aryl methyl sites for hydroxylation is 1. The fourth-order valence-electron chi connectivity index (χ4n) is 1.55. The largest absolute Gasteiger partial charge is 0.398 e. The lowest BCUT2D eigenvalue weighted by atomic mass is 10.2. The summed E-state index contributed by atoms with van der Waals surface area (Å²) in [6.07, 6.45) is 0. The number of rotatable bonds is 10. The van der Waals surface area contributed by atoms with Gasteiger partial charge < -0.3 is 19.9 Å². The van der Waals surface area contributed by atoms with E-state index in [0.29, 0.717) is 49.4 Å². The monoisotopic (exact) mass is 301 g/mol. The van der Waals surface area contributed by atoms with Crippen molar-refractivity contribution in [3.63, 3.8) is 0 Å². The van der Waals surface area contributed by atoms with Gasteiger partial charge in [-0.05, 0) is 24.6 Å². The van der Waals surface area contributed by atoms with E-state index in [1.165, 1.54) is 0 Å². The van der Waals surface area contributed by atoms with Gasteiger partial charge in [0.05, 0.1) is 54.5 Å². The van der Waals surface area contributed by atoms with Crippen molar-refractivity contribution < 1.29 is 18.4 Å². The van der Waals surface area contributed by atoms with Crippen LogP contribution >= 0.6 is 0 Å². The molecule has 0 fully saturated rings. The van der Waals surface area contributed by atoms with Crippen molar-refractivity contribution in [3.8, 4) is 0 Å². The zero-order valence-electron chi connectivity index (χ0n) is 12.1. The van der Waals surface area contributed by atoms with Gasteiger partial charge >= 0.3 is 0 Å². The van der Waals surface area contributed by atoms with Crippen LogP contribution < -0.4 is 5.73 Å². The second-order valence-electron chi connectivity index (χ2n) is 4.31. The van der Waals surface area contributed by atoms with E-state index < -0.39 is 10.8 Å². The van der Waals surface area contributed by atoms with Crippen LogP contribution in [0.5, 0.6) is 0 Å². The molecule has 0 aliphatic rings. The lowest BCUT2D eigenvalue weighted by molar-refractivity contribution is 0.0285. The Morgan fingerprint density at radius 3 is 2.45 bits per heavy atom. The average molecular weight is 301 g/mol. The fraction of sp³-hybridized carbons (Fsp3) is 0.571. The van der Waals surface area contributed by atoms with E-state index in [1.807, 2.05) is 19.1 Å². The maximum Gasteiger partial charge on any atom is 0.0701 e. The van der Waals surface area contributed by atoms with Gasteiger partial charge in [-0.15, -0.1) is 0 Å². The molecule has 114 valence electrons. The Labute approximate surface area is 122 Å². The number of nitrogen functional groups attached to an aromatic ring is 1. The first-order valence-corrected chi connectivity index (χ1v) is 7.86. The first-order valence-electron chi connectivity index (χ1n) is 6.54. The number of ether oxygens (including phenoxy) is 3. The standard InChI is InChI=1S/C14H23NO4S/c1-12-3-4-13(15)14(11-12)20(16)10-9-19-8-7-18-6-5-17-2/h3-4,11H,5-10,15H2,1-2H3. The van der Waals surface area contributed by atoms with Crippen LogP contribution in [0, 0.1) is 6.92 Å². The molecule has 0 saturated heterocycles. The summed E-state index contributed by atoms with van der Waals surface area (Å²) >= 11 is 0. The zero-order chi connectivity index (χ0) is 14.8. The van der Waals surface area contributed by atoms with Gasteiger partial charge in [0.25, 0.3) is 0 Å². The smallest absolute Gasteiger partial charge is 0.0701 e. The topological polar surface area (TPSA) is 70.8 Å². The molecule has 6 heteroatoms. The summed E-state index contributed by atoms with van der Waals surface area (Å²) in [5.41, 5.74) is 7.44. The van der Waals surface area contributed by atoms with Gasteiger partial charge in [-0.1, -0.05) is 6.07 Å². The van der Waals surface area contributed by atoms with Crippen LogP contribution in [0.25, 0.3) is 0 Å². The van der Waals surface area contributed by atoms with Gasteiger partial charge in [-0.3, -0.25) is 4.21 Å². The third-order valence-corrected chi connectivity index (χ3v) is 4.01. The number of hydrogen-bond donors (Lipinski definition) is 1. The van der Waals surface area contributed by atoms with Gasteiger partial charge in [0.1, 0.15) is 0 Å². The van der Waals surface area contributed by atoms with Crippen molar-refractivity contribution in [1.29, 1.82) is 0 Å². The molecular formula is C14H23NO4S. The summed E-state index contributed by atoms with van der Waals surface area (Å²) in [5, 5.41) is 0. The Morgan fingerprint density at radius 2 is 1.75 bits per heavy atom. The van der Waals surface area contributed by atoms with E-state index in [9.17, 15) is 4.21 Å². The van der Waals surface area contributed by atoms with Crippen molar-refractivity contribution in [3.05, 3.63) is 23.8 Å². The van der Waals surface area contributed by atoms with E-state index in [4.69, 9.17) is 19.9 Å². The molecule has 0 aliphatic carbocycles. The lowest BCUT2D eigenvalue weighted by Crippen LogP contribution is -2.12. The Hall–Kier alpha value is -0.950. The summed E-state index contributed by atoms with van der Waals surface area (Å²) in [4.78, 5) is 0.685. The molecule has 1 aromatic carbocycles. The van der Waals surface area contributed by atoms with Crippen LogP contribution in [0.2, 0.25) is 0 Å². The normalized spacial score (nSPS) is 12.5. The first kappa shape index (κ1) is 17.1. The molecule has 20 heavy (non-hydrogen) atoms. The maximum atomic E-state index is 12.1. The Kier molecular flexibility index (Phi) is 8.45. The average Bonchev–Trinajstić information content (AvgIpc) is 2.44. The number of anilines is 1. The van der Waals surface area contributed by atoms with E-state index in [0.717, 1.165) is 5.56 Å². The van der Waals surface area contributed by atoms with E-state index >= 15 is 0 Å². The number of hydrogen-bond acceptors (Lipinski definition) is 5. The maximum absolute atomic E-state index is 12.1. The molecule has 0 radical (unpaired) electrons. The number of methoxy groups -OCH3 is 1. The first-order chi connectivity index (χ1) is 9.65. The molecule has 0 saturated carbocycles. The van der Waals surface area contributed by atoms with E-state index in [2.05, 4.69) is 0 Å². The second kappa shape index (κ2) is 9.88. The van der Waals surface area contributed by atoms with Crippen molar-refractivity contribution >= 4 is 16.5 Å². The molecule has 0 aromatic heterocycles. The highest BCUT2D eigenvalue weighted by Crippen LogP contribution is 2.17. The Bertz CT molecular complexity index is 426. The molecule has 1 atom stereocenters. The summed E-state index contributed by atoms with van der Waals surface area (Å²) in [7, 11) is 0.505. The molecule has 1 unspecified atom stereocenters. The minimum atomic E-state index is -1.13. The quantitative estimate of drug-likeness (QED) is 0.522. The SMILES string of the molecule is COCCOCCOCCS(=O)c1cc(C)ccc1N. The number of nitrogens with two attached hydrogens (primary N) is 1. The molecular weight excluding hydrogens is 278 g/mol. The van der Waals surface area contributed by atoms with Gasteiger partial charge in [0.2, 0.25) is 0 Å². The highest BCUT2D eigenvalue weighted by atomic mass is 32.2. The van der Waals surface area contributed by atoms with Gasteiger partial charge in [0, 0.05) is 12.8 Å². The minimum absolute atomic E-state index is 0.424. The summed E-state index contributed by atoms with van der Waals surface area (Å²) in [6.45, 7) is 4.52. The van der Waals surface area contributed by atoms with Crippen LogP contribution in [-0.4, -0.2) is 50.1 Å². The van der Waals surface area contributed by atoms with E-state index in [1.54, 1.807) is 13.2 Å². The van der Waals surface area contributed by atoms with Crippen LogP contribution in [0.15, 0.2) is 23.1 Å². The predicted molar refractivity (Wildman–Crippen MR) is 80.4 cm³/mol. The molecule has 0 aliphatic heterocycles. The lowest BCUT2D eigenvalue weighted by Gasteiger charge is -2.08. The van der Waals surface area contributed by atoms with Crippen molar-refractivity contribution in [1.82, 2.24) is 0 Å². The molecule has 2 N–H and O–H groups in total. The molecule has 0 amide bonds. The van der Waals surface area contributed by atoms with Crippen LogP contribution in [-0.2, 0) is 25.0 Å². The van der Waals surface area contributed by atoms with Crippen LogP contribution in [0.3, 0.4) is 0 Å². The summed E-state index contributed by atoms with van der Waals surface area (Å²) in [6, 6.07) is 5.55. The van der Waals surface area contributed by atoms with Gasteiger partial charge in [0.15, 0.2) is 0 Å².